The molecule has 34 heavy (non-hydrogen) atoms. The first-order valence-electron chi connectivity index (χ1n) is 11.1. The second kappa shape index (κ2) is 14.0. The predicted octanol–water partition coefficient (Wildman–Crippen LogP) is 3.53. The molecular formula is C23H32N4O5S2. The number of nitrogens with one attached hydrogen (secondary N) is 2. The number of hydrogen-bond donors (Lipinski definition) is 2. The van der Waals surface area contributed by atoms with Crippen LogP contribution in [0.15, 0.2) is 46.8 Å². The summed E-state index contributed by atoms with van der Waals surface area (Å²) in [7, 11) is 4.01. The van der Waals surface area contributed by atoms with Crippen molar-refractivity contribution in [3.63, 3.8) is 0 Å². The number of fused-ring (bicyclic) bond motifs is 1. The predicted molar refractivity (Wildman–Crippen MR) is 137 cm³/mol. The van der Waals surface area contributed by atoms with Gasteiger partial charge in [-0.1, -0.05) is 6.07 Å². The van der Waals surface area contributed by atoms with Gasteiger partial charge in [-0.2, -0.15) is 23.5 Å². The zero-order chi connectivity index (χ0) is 24.2. The molecule has 3 rings (SSSR count). The smallest absolute Gasteiger partial charge is 0.274 e. The summed E-state index contributed by atoms with van der Waals surface area (Å²) in [6.45, 7) is 3.18. The van der Waals surface area contributed by atoms with Crippen molar-refractivity contribution >= 4 is 23.5 Å². The van der Waals surface area contributed by atoms with Gasteiger partial charge in [0, 0.05) is 30.3 Å². The van der Waals surface area contributed by atoms with Crippen LogP contribution >= 0.6 is 23.5 Å². The Hall–Kier alpha value is -2.50. The molecule has 1 aliphatic rings. The Balaban J connectivity index is 1.30. The lowest BCUT2D eigenvalue weighted by Gasteiger charge is -2.18. The average molecular weight is 509 g/mol. The van der Waals surface area contributed by atoms with Crippen molar-refractivity contribution in [3.05, 3.63) is 69.6 Å². The van der Waals surface area contributed by atoms with Crippen LogP contribution in [-0.2, 0) is 18.1 Å². The molecule has 0 saturated carbocycles. The molecule has 0 bridgehead atoms. The summed E-state index contributed by atoms with van der Waals surface area (Å²) in [5.41, 5.74) is 1.16. The van der Waals surface area contributed by atoms with Crippen molar-refractivity contribution in [2.24, 2.45) is 0 Å². The third-order valence-electron chi connectivity index (χ3n) is 4.67. The highest BCUT2D eigenvalue weighted by Gasteiger charge is 2.11. The van der Waals surface area contributed by atoms with Crippen molar-refractivity contribution in [2.75, 3.05) is 51.9 Å². The molecule has 186 valence electrons. The molecule has 0 spiro atoms. The van der Waals surface area contributed by atoms with Crippen molar-refractivity contribution in [1.29, 1.82) is 0 Å². The van der Waals surface area contributed by atoms with Gasteiger partial charge in [-0.25, -0.2) is 0 Å². The first-order chi connectivity index (χ1) is 16.5. The topological polar surface area (TPSA) is 102 Å². The molecule has 0 amide bonds. The number of thioether (sulfide) groups is 2. The Kier molecular flexibility index (Phi) is 10.8. The zero-order valence-corrected chi connectivity index (χ0v) is 21.2. The largest absolute Gasteiger partial charge is 0.486 e. The maximum absolute atomic E-state index is 11.0. The van der Waals surface area contributed by atoms with Gasteiger partial charge in [-0.05, 0) is 43.9 Å². The lowest BCUT2D eigenvalue weighted by Crippen LogP contribution is -2.30. The fourth-order valence-electron chi connectivity index (χ4n) is 3.21. The van der Waals surface area contributed by atoms with Crippen LogP contribution in [-0.4, -0.2) is 61.7 Å². The second-order valence-corrected chi connectivity index (χ2v) is 10.1. The molecule has 0 fully saturated rings. The molecule has 9 nitrogen and oxygen atoms in total. The molecule has 2 N–H and O–H groups in total. The highest BCUT2D eigenvalue weighted by molar-refractivity contribution is 7.98. The van der Waals surface area contributed by atoms with E-state index in [0.29, 0.717) is 32.1 Å². The van der Waals surface area contributed by atoms with E-state index in [-0.39, 0.29) is 0 Å². The Bertz CT molecular complexity index is 951. The van der Waals surface area contributed by atoms with Crippen LogP contribution in [0.4, 0.5) is 0 Å². The monoisotopic (exact) mass is 508 g/mol. The van der Waals surface area contributed by atoms with E-state index in [1.165, 1.54) is 0 Å². The van der Waals surface area contributed by atoms with Crippen LogP contribution in [0.25, 0.3) is 0 Å². The summed E-state index contributed by atoms with van der Waals surface area (Å²) in [5.74, 6) is 7.12. The number of rotatable bonds is 15. The molecule has 0 radical (unpaired) electrons. The molecule has 1 aromatic heterocycles. The fourth-order valence-corrected chi connectivity index (χ4v) is 4.76. The van der Waals surface area contributed by atoms with Crippen LogP contribution in [0.1, 0.15) is 17.1 Å². The van der Waals surface area contributed by atoms with E-state index >= 15 is 0 Å². The van der Waals surface area contributed by atoms with Gasteiger partial charge in [0.1, 0.15) is 24.7 Å². The minimum Gasteiger partial charge on any atom is -0.486 e. The molecule has 1 aliphatic heterocycles. The van der Waals surface area contributed by atoms with Crippen LogP contribution in [0.2, 0.25) is 0 Å². The summed E-state index contributed by atoms with van der Waals surface area (Å²) in [5, 5.41) is 17.2. The third kappa shape index (κ3) is 9.40. The Morgan fingerprint density at radius 3 is 2.41 bits per heavy atom. The Morgan fingerprint density at radius 2 is 1.71 bits per heavy atom. The SMILES string of the molecule is CN(C)Cc1ccc(CSCCNC(=C[N+](=O)[O-])NCCSCc2ccc3c(c2)OCCO3)o1. The van der Waals surface area contributed by atoms with Crippen LogP contribution in [0, 0.1) is 10.1 Å². The molecule has 0 saturated heterocycles. The van der Waals surface area contributed by atoms with Crippen LogP contribution in [0.5, 0.6) is 11.5 Å². The standard InChI is InChI=1S/C23H32N4O5S2/c1-26(2)14-19-4-5-20(32-19)17-34-12-8-25-23(15-27(28)29)24-7-11-33-16-18-3-6-21-22(13-18)31-10-9-30-21/h3-6,13,15,24-25H,7-12,14,16-17H2,1-2H3. The van der Waals surface area contributed by atoms with Crippen molar-refractivity contribution < 1.29 is 18.8 Å². The fraction of sp³-hybridized carbons (Fsp3) is 0.478. The number of benzene rings is 1. The molecule has 0 aliphatic carbocycles. The first-order valence-corrected chi connectivity index (χ1v) is 13.4. The lowest BCUT2D eigenvalue weighted by atomic mass is 10.2. The minimum atomic E-state index is -0.445. The molecule has 1 aromatic carbocycles. The number of hydrogen-bond acceptors (Lipinski definition) is 10. The lowest BCUT2D eigenvalue weighted by molar-refractivity contribution is -0.404. The second-order valence-electron chi connectivity index (χ2n) is 7.87. The Labute approximate surface area is 208 Å². The van der Waals surface area contributed by atoms with Crippen molar-refractivity contribution in [2.45, 2.75) is 18.1 Å². The average Bonchev–Trinajstić information content (AvgIpc) is 3.24. The first kappa shape index (κ1) is 26.1. The highest BCUT2D eigenvalue weighted by Crippen LogP contribution is 2.31. The van der Waals surface area contributed by atoms with E-state index < -0.39 is 4.92 Å². The number of ether oxygens (including phenoxy) is 2. The maximum Gasteiger partial charge on any atom is 0.274 e. The molecule has 0 unspecified atom stereocenters. The summed E-state index contributed by atoms with van der Waals surface area (Å²) < 4.78 is 17.0. The molecule has 2 heterocycles. The number of furan rings is 1. The highest BCUT2D eigenvalue weighted by atomic mass is 32.2. The minimum absolute atomic E-state index is 0.428. The van der Waals surface area contributed by atoms with E-state index in [1.807, 2.05) is 44.4 Å². The molecule has 0 atom stereocenters. The third-order valence-corrected chi connectivity index (χ3v) is 6.68. The van der Waals surface area contributed by atoms with Crippen LogP contribution < -0.4 is 20.1 Å². The molecule has 11 heteroatoms. The van der Waals surface area contributed by atoms with E-state index in [2.05, 4.69) is 15.5 Å². The van der Waals surface area contributed by atoms with Gasteiger partial charge in [0.05, 0.1) is 17.2 Å². The summed E-state index contributed by atoms with van der Waals surface area (Å²) >= 11 is 3.47. The van der Waals surface area contributed by atoms with Crippen molar-refractivity contribution in [1.82, 2.24) is 15.5 Å². The normalized spacial score (nSPS) is 13.2. The van der Waals surface area contributed by atoms with Gasteiger partial charge < -0.3 is 29.4 Å². The van der Waals surface area contributed by atoms with Gasteiger partial charge >= 0.3 is 0 Å². The molecular weight excluding hydrogens is 476 g/mol. The van der Waals surface area contributed by atoms with Gasteiger partial charge in [-0.3, -0.25) is 10.1 Å². The van der Waals surface area contributed by atoms with Gasteiger partial charge in [0.25, 0.3) is 6.20 Å². The van der Waals surface area contributed by atoms with E-state index in [0.717, 1.165) is 64.3 Å². The van der Waals surface area contributed by atoms with Crippen LogP contribution in [0.3, 0.4) is 0 Å². The summed E-state index contributed by atoms with van der Waals surface area (Å²) in [6.07, 6.45) is 0.982. The van der Waals surface area contributed by atoms with Gasteiger partial charge in [0.2, 0.25) is 0 Å². The Morgan fingerprint density at radius 1 is 1.03 bits per heavy atom. The summed E-state index contributed by atoms with van der Waals surface area (Å²) in [4.78, 5) is 12.6. The number of nitrogens with zero attached hydrogens (tertiary/aromatic N) is 2. The van der Waals surface area contributed by atoms with E-state index in [9.17, 15) is 10.1 Å². The quantitative estimate of drug-likeness (QED) is 0.211. The van der Waals surface area contributed by atoms with Crippen molar-refractivity contribution in [3.8, 4) is 11.5 Å². The summed E-state index contributed by atoms with van der Waals surface area (Å²) in [6, 6.07) is 10.00. The molecule has 2 aromatic rings. The van der Waals surface area contributed by atoms with E-state index in [1.54, 1.807) is 23.5 Å². The maximum atomic E-state index is 11.0. The number of nitro groups is 1. The van der Waals surface area contributed by atoms with E-state index in [4.69, 9.17) is 13.9 Å². The van der Waals surface area contributed by atoms with Gasteiger partial charge in [0.15, 0.2) is 17.3 Å². The zero-order valence-electron chi connectivity index (χ0n) is 19.6. The van der Waals surface area contributed by atoms with Gasteiger partial charge in [-0.15, -0.1) is 0 Å².